The Morgan fingerprint density at radius 3 is 2.56 bits per heavy atom. The summed E-state index contributed by atoms with van der Waals surface area (Å²) in [5, 5.41) is 6.84. The lowest BCUT2D eigenvalue weighted by molar-refractivity contribution is -0.137. The summed E-state index contributed by atoms with van der Waals surface area (Å²) in [6.45, 7) is 1.27. The van der Waals surface area contributed by atoms with Crippen LogP contribution in [0.4, 0.5) is 13.2 Å². The van der Waals surface area contributed by atoms with Crippen molar-refractivity contribution in [1.82, 2.24) is 10.6 Å². The lowest BCUT2D eigenvalue weighted by atomic mass is 9.54. The fourth-order valence-electron chi connectivity index (χ4n) is 5.24. The maximum atomic E-state index is 12.7. The molecule has 1 spiro atoms. The summed E-state index contributed by atoms with van der Waals surface area (Å²) in [7, 11) is 1.73. The topological polar surface area (TPSA) is 45.7 Å². The average Bonchev–Trinajstić information content (AvgIpc) is 3.30. The van der Waals surface area contributed by atoms with Crippen molar-refractivity contribution in [2.24, 2.45) is 16.3 Å². The maximum Gasteiger partial charge on any atom is 0.416 e. The molecule has 0 bridgehead atoms. The van der Waals surface area contributed by atoms with Gasteiger partial charge in [0.2, 0.25) is 0 Å². The first-order valence-corrected chi connectivity index (χ1v) is 9.69. The Labute approximate surface area is 157 Å². The van der Waals surface area contributed by atoms with Crippen molar-refractivity contribution in [2.75, 3.05) is 13.7 Å². The standard InChI is InChI=1S/C20H26F3N3O/c1-24-18(25-12-13-4-6-14(7-5-13)20(21,22)23)26-16-15-8-11-27-17(15)19(16)9-2-3-10-19/h4-7,15-17H,2-3,8-12H2,1H3,(H2,24,25,26). The van der Waals surface area contributed by atoms with Gasteiger partial charge in [-0.1, -0.05) is 25.0 Å². The zero-order valence-corrected chi connectivity index (χ0v) is 15.5. The number of aliphatic imine (C=N–C) groups is 1. The molecule has 1 aromatic rings. The molecule has 2 saturated carbocycles. The van der Waals surface area contributed by atoms with Gasteiger partial charge in [0.1, 0.15) is 0 Å². The van der Waals surface area contributed by atoms with Crippen LogP contribution in [0, 0.1) is 11.3 Å². The Morgan fingerprint density at radius 2 is 1.93 bits per heavy atom. The first kappa shape index (κ1) is 18.6. The van der Waals surface area contributed by atoms with E-state index in [0.717, 1.165) is 30.7 Å². The van der Waals surface area contributed by atoms with Crippen LogP contribution < -0.4 is 10.6 Å². The highest BCUT2D eigenvalue weighted by atomic mass is 19.4. The predicted molar refractivity (Wildman–Crippen MR) is 97.3 cm³/mol. The number of benzene rings is 1. The number of hydrogen-bond donors (Lipinski definition) is 2. The maximum absolute atomic E-state index is 12.7. The number of nitrogens with one attached hydrogen (secondary N) is 2. The summed E-state index contributed by atoms with van der Waals surface area (Å²) in [5.41, 5.74) is 0.392. The van der Waals surface area contributed by atoms with Crippen molar-refractivity contribution < 1.29 is 17.9 Å². The third-order valence-electron chi connectivity index (χ3n) is 6.54. The Kier molecular flexibility index (Phi) is 4.82. The van der Waals surface area contributed by atoms with Crippen LogP contribution in [0.3, 0.4) is 0 Å². The van der Waals surface area contributed by atoms with Crippen LogP contribution >= 0.6 is 0 Å². The third-order valence-corrected chi connectivity index (χ3v) is 6.54. The van der Waals surface area contributed by atoms with Gasteiger partial charge in [0.05, 0.1) is 11.7 Å². The van der Waals surface area contributed by atoms with Gasteiger partial charge in [-0.15, -0.1) is 0 Å². The molecule has 0 radical (unpaired) electrons. The Morgan fingerprint density at radius 1 is 1.22 bits per heavy atom. The zero-order chi connectivity index (χ0) is 19.1. The Bertz CT molecular complexity index is 695. The molecule has 2 N–H and O–H groups in total. The first-order valence-electron chi connectivity index (χ1n) is 9.69. The molecule has 1 aliphatic heterocycles. The van der Waals surface area contributed by atoms with Gasteiger partial charge >= 0.3 is 6.18 Å². The molecule has 3 fully saturated rings. The largest absolute Gasteiger partial charge is 0.416 e. The van der Waals surface area contributed by atoms with Gasteiger partial charge in [0.15, 0.2) is 5.96 Å². The zero-order valence-electron chi connectivity index (χ0n) is 15.5. The highest BCUT2D eigenvalue weighted by molar-refractivity contribution is 5.80. The molecule has 1 heterocycles. The van der Waals surface area contributed by atoms with Crippen LogP contribution in [-0.4, -0.2) is 31.8 Å². The number of nitrogens with zero attached hydrogens (tertiary/aromatic N) is 1. The van der Waals surface area contributed by atoms with Gasteiger partial charge in [-0.2, -0.15) is 13.2 Å². The van der Waals surface area contributed by atoms with Crippen LogP contribution in [0.5, 0.6) is 0 Å². The van der Waals surface area contributed by atoms with E-state index in [4.69, 9.17) is 4.74 Å². The summed E-state index contributed by atoms with van der Waals surface area (Å²) in [5.74, 6) is 1.24. The van der Waals surface area contributed by atoms with Crippen molar-refractivity contribution in [1.29, 1.82) is 0 Å². The minimum atomic E-state index is -4.30. The van der Waals surface area contributed by atoms with E-state index in [9.17, 15) is 13.2 Å². The molecule has 0 aromatic heterocycles. The van der Waals surface area contributed by atoms with Gasteiger partial charge in [0.25, 0.3) is 0 Å². The molecule has 0 amide bonds. The normalized spacial score (nSPS) is 29.5. The van der Waals surface area contributed by atoms with Crippen molar-refractivity contribution >= 4 is 5.96 Å². The summed E-state index contributed by atoms with van der Waals surface area (Å²) in [4.78, 5) is 4.32. The SMILES string of the molecule is CN=C(NCc1ccc(C(F)(F)F)cc1)NC1C2CCOC2C12CCCC2. The molecule has 7 heteroatoms. The van der Waals surface area contributed by atoms with Crippen molar-refractivity contribution in [3.05, 3.63) is 35.4 Å². The van der Waals surface area contributed by atoms with Crippen LogP contribution in [0.2, 0.25) is 0 Å². The molecule has 4 nitrogen and oxygen atoms in total. The summed E-state index contributed by atoms with van der Waals surface area (Å²) >= 11 is 0. The van der Waals surface area contributed by atoms with E-state index in [2.05, 4.69) is 15.6 Å². The van der Waals surface area contributed by atoms with Crippen molar-refractivity contribution in [3.63, 3.8) is 0 Å². The second kappa shape index (κ2) is 7.00. The van der Waals surface area contributed by atoms with Gasteiger partial charge < -0.3 is 15.4 Å². The fourth-order valence-corrected chi connectivity index (χ4v) is 5.24. The third kappa shape index (κ3) is 3.30. The van der Waals surface area contributed by atoms with Crippen LogP contribution in [0.25, 0.3) is 0 Å². The van der Waals surface area contributed by atoms with Crippen molar-refractivity contribution in [2.45, 2.75) is 57.0 Å². The predicted octanol–water partition coefficient (Wildman–Crippen LogP) is 3.72. The van der Waals surface area contributed by atoms with E-state index in [0.29, 0.717) is 30.6 Å². The van der Waals surface area contributed by atoms with E-state index < -0.39 is 11.7 Å². The molecule has 3 atom stereocenters. The second-order valence-corrected chi connectivity index (χ2v) is 7.93. The van der Waals surface area contributed by atoms with Gasteiger partial charge in [0, 0.05) is 37.6 Å². The number of ether oxygens (including phenoxy) is 1. The first-order chi connectivity index (χ1) is 12.9. The highest BCUT2D eigenvalue weighted by Crippen LogP contribution is 2.60. The molecule has 148 valence electrons. The minimum absolute atomic E-state index is 0.229. The number of guanidine groups is 1. The Hall–Kier alpha value is -1.76. The van der Waals surface area contributed by atoms with Gasteiger partial charge in [-0.05, 0) is 37.0 Å². The molecule has 27 heavy (non-hydrogen) atoms. The summed E-state index contributed by atoms with van der Waals surface area (Å²) in [6, 6.07) is 5.61. The molecule has 4 rings (SSSR count). The molecule has 2 aliphatic carbocycles. The van der Waals surface area contributed by atoms with E-state index in [1.54, 1.807) is 7.05 Å². The molecular formula is C20H26F3N3O. The quantitative estimate of drug-likeness (QED) is 0.620. The van der Waals surface area contributed by atoms with E-state index in [1.807, 2.05) is 0 Å². The highest BCUT2D eigenvalue weighted by Gasteiger charge is 2.65. The lowest BCUT2D eigenvalue weighted by Crippen LogP contribution is -2.69. The monoisotopic (exact) mass is 381 g/mol. The molecule has 3 aliphatic rings. The van der Waals surface area contributed by atoms with Crippen LogP contribution in [-0.2, 0) is 17.5 Å². The van der Waals surface area contributed by atoms with Gasteiger partial charge in [-0.25, -0.2) is 0 Å². The van der Waals surface area contributed by atoms with E-state index >= 15 is 0 Å². The average molecular weight is 381 g/mol. The van der Waals surface area contributed by atoms with Crippen LogP contribution in [0.1, 0.15) is 43.2 Å². The smallest absolute Gasteiger partial charge is 0.377 e. The van der Waals surface area contributed by atoms with E-state index in [1.165, 1.54) is 37.8 Å². The van der Waals surface area contributed by atoms with Gasteiger partial charge in [-0.3, -0.25) is 4.99 Å². The number of alkyl halides is 3. The number of hydrogen-bond acceptors (Lipinski definition) is 2. The molecule has 1 saturated heterocycles. The fraction of sp³-hybridized carbons (Fsp3) is 0.650. The Balaban J connectivity index is 1.37. The molecule has 3 unspecified atom stereocenters. The number of rotatable bonds is 3. The van der Waals surface area contributed by atoms with E-state index in [-0.39, 0.29) is 5.41 Å². The lowest BCUT2D eigenvalue weighted by Gasteiger charge is -2.57. The minimum Gasteiger partial charge on any atom is -0.377 e. The summed E-state index contributed by atoms with van der Waals surface area (Å²) in [6.07, 6.45) is 2.06. The molecule has 1 aromatic carbocycles. The second-order valence-electron chi connectivity index (χ2n) is 7.93. The number of halogens is 3. The summed E-state index contributed by atoms with van der Waals surface area (Å²) < 4.78 is 44.0. The molecular weight excluding hydrogens is 355 g/mol. The van der Waals surface area contributed by atoms with Crippen LogP contribution in [0.15, 0.2) is 29.3 Å². The number of fused-ring (bicyclic) bond motifs is 2. The van der Waals surface area contributed by atoms with Crippen molar-refractivity contribution in [3.8, 4) is 0 Å².